The van der Waals surface area contributed by atoms with Crippen molar-refractivity contribution in [2.24, 2.45) is 5.73 Å². The third-order valence-corrected chi connectivity index (χ3v) is 3.88. The Bertz CT molecular complexity index is 186. The van der Waals surface area contributed by atoms with Crippen molar-refractivity contribution < 1.29 is 4.74 Å². The van der Waals surface area contributed by atoms with Crippen LogP contribution in [-0.4, -0.2) is 42.8 Å². The molecule has 16 heavy (non-hydrogen) atoms. The fraction of sp³-hybridized carbons (Fsp3) is 1.00. The molecule has 1 fully saturated rings. The number of hydrogen-bond donors (Lipinski definition) is 1. The molecule has 1 aliphatic heterocycles. The smallest absolute Gasteiger partial charge is 0.0702 e. The number of nitrogens with two attached hydrogens (primary N) is 1. The number of hydrogen-bond acceptors (Lipinski definition) is 3. The Kier molecular flexibility index (Phi) is 5.73. The number of nitrogens with zero attached hydrogens (tertiary/aromatic N) is 1. The Morgan fingerprint density at radius 1 is 1.31 bits per heavy atom. The van der Waals surface area contributed by atoms with Crippen LogP contribution in [0.15, 0.2) is 0 Å². The van der Waals surface area contributed by atoms with Crippen molar-refractivity contribution in [3.05, 3.63) is 0 Å². The molecular weight excluding hydrogens is 200 g/mol. The van der Waals surface area contributed by atoms with E-state index in [0.29, 0.717) is 6.10 Å². The highest BCUT2D eigenvalue weighted by Gasteiger charge is 2.25. The summed E-state index contributed by atoms with van der Waals surface area (Å²) in [5, 5.41) is 0. The molecule has 0 aliphatic carbocycles. The van der Waals surface area contributed by atoms with Gasteiger partial charge < -0.3 is 10.5 Å². The molecule has 0 spiro atoms. The van der Waals surface area contributed by atoms with Crippen LogP contribution in [0.4, 0.5) is 0 Å². The highest BCUT2D eigenvalue weighted by Crippen LogP contribution is 2.17. The van der Waals surface area contributed by atoms with Crippen molar-refractivity contribution in [2.75, 3.05) is 26.2 Å². The first kappa shape index (κ1) is 13.9. The Balaban J connectivity index is 2.40. The minimum absolute atomic E-state index is 0.0192. The summed E-state index contributed by atoms with van der Waals surface area (Å²) in [4.78, 5) is 2.45. The van der Waals surface area contributed by atoms with E-state index in [0.717, 1.165) is 39.1 Å². The van der Waals surface area contributed by atoms with Gasteiger partial charge in [-0.1, -0.05) is 20.8 Å². The van der Waals surface area contributed by atoms with E-state index >= 15 is 0 Å². The lowest BCUT2D eigenvalue weighted by atomic mass is 9.93. The number of rotatable bonds is 7. The zero-order valence-corrected chi connectivity index (χ0v) is 11.2. The molecule has 1 unspecified atom stereocenters. The van der Waals surface area contributed by atoms with Gasteiger partial charge in [-0.05, 0) is 32.2 Å². The molecular formula is C13H28N2O. The normalized spacial score (nSPS) is 21.9. The molecule has 3 nitrogen and oxygen atoms in total. The van der Waals surface area contributed by atoms with Crippen LogP contribution >= 0.6 is 0 Å². The van der Waals surface area contributed by atoms with Crippen molar-refractivity contribution >= 4 is 0 Å². The molecule has 1 aliphatic rings. The maximum atomic E-state index is 6.36. The molecule has 1 heterocycles. The number of ether oxygens (including phenoxy) is 1. The molecule has 3 heteroatoms. The van der Waals surface area contributed by atoms with Crippen molar-refractivity contribution in [1.82, 2.24) is 4.90 Å². The van der Waals surface area contributed by atoms with Gasteiger partial charge in [-0.15, -0.1) is 0 Å². The summed E-state index contributed by atoms with van der Waals surface area (Å²) in [6.45, 7) is 10.6. The molecule has 0 aromatic heterocycles. The van der Waals surface area contributed by atoms with Gasteiger partial charge in [0.15, 0.2) is 0 Å². The lowest BCUT2D eigenvalue weighted by Gasteiger charge is -2.34. The molecule has 0 saturated carbocycles. The molecule has 0 amide bonds. The minimum atomic E-state index is -0.0192. The summed E-state index contributed by atoms with van der Waals surface area (Å²) in [5.41, 5.74) is 6.35. The van der Waals surface area contributed by atoms with Crippen LogP contribution in [0, 0.1) is 0 Å². The molecule has 0 radical (unpaired) electrons. The zero-order valence-electron chi connectivity index (χ0n) is 11.2. The van der Waals surface area contributed by atoms with Gasteiger partial charge in [0.25, 0.3) is 0 Å². The Morgan fingerprint density at radius 2 is 2.00 bits per heavy atom. The van der Waals surface area contributed by atoms with Crippen molar-refractivity contribution in [2.45, 2.75) is 58.1 Å². The van der Waals surface area contributed by atoms with E-state index in [4.69, 9.17) is 10.5 Å². The van der Waals surface area contributed by atoms with Crippen LogP contribution in [0.1, 0.15) is 46.5 Å². The fourth-order valence-electron chi connectivity index (χ4n) is 2.30. The van der Waals surface area contributed by atoms with Gasteiger partial charge in [0.1, 0.15) is 0 Å². The Labute approximate surface area is 100 Å². The maximum Gasteiger partial charge on any atom is 0.0702 e. The lowest BCUT2D eigenvalue weighted by Crippen LogP contribution is -2.50. The Morgan fingerprint density at radius 3 is 2.44 bits per heavy atom. The second-order valence-corrected chi connectivity index (χ2v) is 5.03. The average Bonchev–Trinajstić information content (AvgIpc) is 2.80. The topological polar surface area (TPSA) is 38.5 Å². The molecule has 0 aromatic carbocycles. The average molecular weight is 228 g/mol. The molecule has 0 aromatic rings. The second kappa shape index (κ2) is 6.58. The summed E-state index contributed by atoms with van der Waals surface area (Å²) >= 11 is 0. The Hall–Kier alpha value is -0.120. The predicted molar refractivity (Wildman–Crippen MR) is 68.6 cm³/mol. The lowest BCUT2D eigenvalue weighted by molar-refractivity contribution is 0.0658. The standard InChI is InChI=1S/C13H28N2O/c1-4-13(14,5-2)11-15(6-3)10-12-8-7-9-16-12/h12H,4-11,14H2,1-3H3. The first-order chi connectivity index (χ1) is 7.63. The molecule has 0 bridgehead atoms. The van der Waals surface area contributed by atoms with Gasteiger partial charge in [-0.2, -0.15) is 0 Å². The third-order valence-electron chi connectivity index (χ3n) is 3.88. The van der Waals surface area contributed by atoms with Gasteiger partial charge in [0.05, 0.1) is 6.10 Å². The molecule has 1 rings (SSSR count). The summed E-state index contributed by atoms with van der Waals surface area (Å²) in [6, 6.07) is 0. The van der Waals surface area contributed by atoms with Gasteiger partial charge in [0, 0.05) is 25.2 Å². The fourth-order valence-corrected chi connectivity index (χ4v) is 2.30. The van der Waals surface area contributed by atoms with Crippen LogP contribution in [0.3, 0.4) is 0 Å². The zero-order chi connectivity index (χ0) is 12.0. The van der Waals surface area contributed by atoms with Crippen molar-refractivity contribution in [3.63, 3.8) is 0 Å². The highest BCUT2D eigenvalue weighted by molar-refractivity contribution is 4.85. The summed E-state index contributed by atoms with van der Waals surface area (Å²) in [6.07, 6.45) is 4.97. The minimum Gasteiger partial charge on any atom is -0.377 e. The molecule has 1 atom stereocenters. The molecule has 96 valence electrons. The van der Waals surface area contributed by atoms with Crippen LogP contribution in [0.5, 0.6) is 0 Å². The van der Waals surface area contributed by atoms with Crippen LogP contribution < -0.4 is 5.73 Å². The summed E-state index contributed by atoms with van der Waals surface area (Å²) in [5.74, 6) is 0. The summed E-state index contributed by atoms with van der Waals surface area (Å²) < 4.78 is 5.68. The molecule has 2 N–H and O–H groups in total. The van der Waals surface area contributed by atoms with Gasteiger partial charge in [0.2, 0.25) is 0 Å². The highest BCUT2D eigenvalue weighted by atomic mass is 16.5. The first-order valence-electron chi connectivity index (χ1n) is 6.76. The molecule has 1 saturated heterocycles. The van der Waals surface area contributed by atoms with E-state index in [1.165, 1.54) is 12.8 Å². The van der Waals surface area contributed by atoms with E-state index in [1.54, 1.807) is 0 Å². The first-order valence-corrected chi connectivity index (χ1v) is 6.76. The maximum absolute atomic E-state index is 6.36. The predicted octanol–water partition coefficient (Wildman–Crippen LogP) is 2.00. The monoisotopic (exact) mass is 228 g/mol. The van der Waals surface area contributed by atoms with Gasteiger partial charge in [-0.3, -0.25) is 4.90 Å². The summed E-state index contributed by atoms with van der Waals surface area (Å²) in [7, 11) is 0. The van der Waals surface area contributed by atoms with E-state index < -0.39 is 0 Å². The van der Waals surface area contributed by atoms with Crippen molar-refractivity contribution in [3.8, 4) is 0 Å². The van der Waals surface area contributed by atoms with Crippen LogP contribution in [0.25, 0.3) is 0 Å². The van der Waals surface area contributed by atoms with E-state index in [2.05, 4.69) is 25.7 Å². The van der Waals surface area contributed by atoms with E-state index in [9.17, 15) is 0 Å². The second-order valence-electron chi connectivity index (χ2n) is 5.03. The number of likely N-dealkylation sites (N-methyl/N-ethyl adjacent to an activating group) is 1. The van der Waals surface area contributed by atoms with Crippen LogP contribution in [0.2, 0.25) is 0 Å². The quantitative estimate of drug-likeness (QED) is 0.724. The van der Waals surface area contributed by atoms with Crippen LogP contribution in [-0.2, 0) is 4.74 Å². The largest absolute Gasteiger partial charge is 0.377 e. The van der Waals surface area contributed by atoms with Crippen molar-refractivity contribution in [1.29, 1.82) is 0 Å². The third kappa shape index (κ3) is 4.04. The van der Waals surface area contributed by atoms with E-state index in [-0.39, 0.29) is 5.54 Å². The van der Waals surface area contributed by atoms with Gasteiger partial charge >= 0.3 is 0 Å². The van der Waals surface area contributed by atoms with Gasteiger partial charge in [-0.25, -0.2) is 0 Å². The van der Waals surface area contributed by atoms with E-state index in [1.807, 2.05) is 0 Å². The SMILES string of the molecule is CCN(CC1CCCO1)CC(N)(CC)CC.